The zero-order chi connectivity index (χ0) is 16.4. The summed E-state index contributed by atoms with van der Waals surface area (Å²) >= 11 is 0. The minimum atomic E-state index is 0.0528. The topological polar surface area (TPSA) is 69.9 Å². The van der Waals surface area contributed by atoms with Crippen LogP contribution >= 0.6 is 0 Å². The van der Waals surface area contributed by atoms with Gasteiger partial charge in [0, 0.05) is 42.5 Å². The van der Waals surface area contributed by atoms with E-state index in [2.05, 4.69) is 0 Å². The molecule has 2 unspecified atom stereocenters. The van der Waals surface area contributed by atoms with Gasteiger partial charge in [-0.15, -0.1) is 0 Å². The highest BCUT2D eigenvalue weighted by atomic mass is 16.2. The van der Waals surface area contributed by atoms with Gasteiger partial charge in [-0.1, -0.05) is 0 Å². The van der Waals surface area contributed by atoms with Crippen molar-refractivity contribution < 1.29 is 9.59 Å². The van der Waals surface area contributed by atoms with E-state index in [0.29, 0.717) is 12.6 Å². The van der Waals surface area contributed by atoms with Crippen molar-refractivity contribution in [3.05, 3.63) is 24.3 Å². The number of nitrogens with two attached hydrogens (primary N) is 1. The van der Waals surface area contributed by atoms with Crippen molar-refractivity contribution in [3.8, 4) is 0 Å². The predicted octanol–water partition coefficient (Wildman–Crippen LogP) is 1.54. The van der Waals surface area contributed by atoms with Gasteiger partial charge < -0.3 is 15.5 Å². The number of benzene rings is 1. The van der Waals surface area contributed by atoms with Gasteiger partial charge in [0.05, 0.1) is 6.04 Å². The Bertz CT molecular complexity index is 703. The second-order valence-electron chi connectivity index (χ2n) is 7.49. The first kappa shape index (κ1) is 14.3. The van der Waals surface area contributed by atoms with Crippen LogP contribution in [0.3, 0.4) is 0 Å². The van der Waals surface area contributed by atoms with Crippen molar-refractivity contribution in [2.24, 2.45) is 11.7 Å². The molecule has 3 aliphatic heterocycles. The number of amides is 3. The van der Waals surface area contributed by atoms with E-state index >= 15 is 0 Å². The molecule has 4 aliphatic rings. The Morgan fingerprint density at radius 3 is 2.42 bits per heavy atom. The number of piperidine rings is 1. The number of anilines is 2. The summed E-state index contributed by atoms with van der Waals surface area (Å²) in [5.74, 6) is 0.492. The molecule has 6 heteroatoms. The SMILES string of the molecule is N[C@@H]1CCN2C(=O)N(c3ccc(N4C(=O)C5CCC4C5)cc3)C[C@H]12. The van der Waals surface area contributed by atoms with Gasteiger partial charge in [-0.25, -0.2) is 4.79 Å². The second-order valence-corrected chi connectivity index (χ2v) is 7.49. The molecule has 0 radical (unpaired) electrons. The van der Waals surface area contributed by atoms with Crippen molar-refractivity contribution in [1.82, 2.24) is 4.90 Å². The summed E-state index contributed by atoms with van der Waals surface area (Å²) in [6, 6.07) is 8.50. The molecule has 1 aliphatic carbocycles. The first-order valence-electron chi connectivity index (χ1n) is 8.90. The number of carbonyl (C=O) groups is 2. The Labute approximate surface area is 141 Å². The summed E-state index contributed by atoms with van der Waals surface area (Å²) in [6.45, 7) is 1.41. The Balaban J connectivity index is 1.38. The van der Waals surface area contributed by atoms with Gasteiger partial charge in [-0.3, -0.25) is 9.69 Å². The number of fused-ring (bicyclic) bond motifs is 3. The summed E-state index contributed by atoms with van der Waals surface area (Å²) in [6.07, 6.45) is 4.04. The largest absolute Gasteiger partial charge is 0.326 e. The predicted molar refractivity (Wildman–Crippen MR) is 90.9 cm³/mol. The first-order chi connectivity index (χ1) is 11.6. The normalized spacial score (nSPS) is 34.6. The highest BCUT2D eigenvalue weighted by Gasteiger charge is 2.46. The van der Waals surface area contributed by atoms with Gasteiger partial charge in [0.25, 0.3) is 0 Å². The van der Waals surface area contributed by atoms with Crippen LogP contribution in [0.2, 0.25) is 0 Å². The van der Waals surface area contributed by atoms with Crippen molar-refractivity contribution in [2.45, 2.75) is 43.8 Å². The molecule has 2 bridgehead atoms. The summed E-state index contributed by atoms with van der Waals surface area (Å²) in [5.41, 5.74) is 7.96. The van der Waals surface area contributed by atoms with E-state index in [9.17, 15) is 9.59 Å². The first-order valence-corrected chi connectivity index (χ1v) is 8.90. The fourth-order valence-corrected chi connectivity index (χ4v) is 4.91. The highest BCUT2D eigenvalue weighted by molar-refractivity contribution is 5.99. The maximum absolute atomic E-state index is 12.6. The van der Waals surface area contributed by atoms with Gasteiger partial charge in [-0.2, -0.15) is 0 Å². The molecule has 4 fully saturated rings. The van der Waals surface area contributed by atoms with Gasteiger partial charge >= 0.3 is 6.03 Å². The van der Waals surface area contributed by atoms with Crippen LogP contribution in [-0.4, -0.2) is 48.1 Å². The smallest absolute Gasteiger partial charge is 0.324 e. The molecule has 1 saturated carbocycles. The average Bonchev–Trinajstić information content (AvgIpc) is 3.32. The molecule has 3 amide bonds. The number of rotatable bonds is 2. The molecule has 1 aromatic carbocycles. The van der Waals surface area contributed by atoms with E-state index in [1.54, 1.807) is 0 Å². The molecule has 6 nitrogen and oxygen atoms in total. The number of carbonyl (C=O) groups excluding carboxylic acids is 2. The average molecular weight is 326 g/mol. The molecule has 24 heavy (non-hydrogen) atoms. The van der Waals surface area contributed by atoms with Crippen LogP contribution < -0.4 is 15.5 Å². The van der Waals surface area contributed by atoms with E-state index in [1.807, 2.05) is 39.0 Å². The van der Waals surface area contributed by atoms with Gasteiger partial charge in [0.15, 0.2) is 0 Å². The van der Waals surface area contributed by atoms with E-state index in [-0.39, 0.29) is 29.9 Å². The van der Waals surface area contributed by atoms with Crippen molar-refractivity contribution in [2.75, 3.05) is 22.9 Å². The minimum absolute atomic E-state index is 0.0528. The van der Waals surface area contributed by atoms with Crippen molar-refractivity contribution in [3.63, 3.8) is 0 Å². The molecule has 3 saturated heterocycles. The second kappa shape index (κ2) is 4.96. The lowest BCUT2D eigenvalue weighted by atomic mass is 10.1. The molecule has 126 valence electrons. The van der Waals surface area contributed by atoms with Gasteiger partial charge in [0.2, 0.25) is 5.91 Å². The number of urea groups is 1. The third kappa shape index (κ3) is 1.86. The van der Waals surface area contributed by atoms with Gasteiger partial charge in [-0.05, 0) is 49.9 Å². The molecule has 0 spiro atoms. The minimum Gasteiger partial charge on any atom is -0.326 e. The molecular formula is C18H22N4O2. The molecular weight excluding hydrogens is 304 g/mol. The lowest BCUT2D eigenvalue weighted by molar-refractivity contribution is -0.121. The quantitative estimate of drug-likeness (QED) is 0.896. The fourth-order valence-electron chi connectivity index (χ4n) is 4.91. The summed E-state index contributed by atoms with van der Waals surface area (Å²) in [5, 5.41) is 0. The molecule has 3 heterocycles. The maximum Gasteiger partial charge on any atom is 0.324 e. The van der Waals surface area contributed by atoms with Crippen LogP contribution in [0.1, 0.15) is 25.7 Å². The van der Waals surface area contributed by atoms with Gasteiger partial charge in [0.1, 0.15) is 0 Å². The molecule has 5 rings (SSSR count). The number of hydrogen-bond donors (Lipinski definition) is 1. The van der Waals surface area contributed by atoms with Crippen LogP contribution in [0.25, 0.3) is 0 Å². The van der Waals surface area contributed by atoms with Crippen molar-refractivity contribution in [1.29, 1.82) is 0 Å². The van der Waals surface area contributed by atoms with Crippen LogP contribution in [0.4, 0.5) is 16.2 Å². The van der Waals surface area contributed by atoms with Crippen LogP contribution in [-0.2, 0) is 4.79 Å². The number of nitrogens with zero attached hydrogens (tertiary/aromatic N) is 3. The molecule has 0 aromatic heterocycles. The zero-order valence-corrected chi connectivity index (χ0v) is 13.6. The van der Waals surface area contributed by atoms with E-state index < -0.39 is 0 Å². The van der Waals surface area contributed by atoms with Crippen molar-refractivity contribution >= 4 is 23.3 Å². The zero-order valence-electron chi connectivity index (χ0n) is 13.6. The van der Waals surface area contributed by atoms with Crippen LogP contribution in [0, 0.1) is 5.92 Å². The summed E-state index contributed by atoms with van der Waals surface area (Å²) < 4.78 is 0. The summed E-state index contributed by atoms with van der Waals surface area (Å²) in [4.78, 5) is 30.6. The van der Waals surface area contributed by atoms with Crippen LogP contribution in [0.5, 0.6) is 0 Å². The van der Waals surface area contributed by atoms with E-state index in [1.165, 1.54) is 0 Å². The highest BCUT2D eigenvalue weighted by Crippen LogP contribution is 2.41. The Morgan fingerprint density at radius 1 is 1.00 bits per heavy atom. The fraction of sp³-hybridized carbons (Fsp3) is 0.556. The van der Waals surface area contributed by atoms with Crippen LogP contribution in [0.15, 0.2) is 24.3 Å². The summed E-state index contributed by atoms with van der Waals surface area (Å²) in [7, 11) is 0. The molecule has 4 atom stereocenters. The monoisotopic (exact) mass is 326 g/mol. The lowest BCUT2D eigenvalue weighted by Crippen LogP contribution is -2.37. The van der Waals surface area contributed by atoms with E-state index in [4.69, 9.17) is 5.73 Å². The Kier molecular flexibility index (Phi) is 2.95. The number of hydrogen-bond acceptors (Lipinski definition) is 3. The standard InChI is InChI=1S/C18H22N4O2/c19-15-7-8-20-16(15)10-21(18(20)24)12-3-5-13(6-4-12)22-14-2-1-11(9-14)17(22)23/h3-6,11,14-16H,1-2,7-10,19H2/t11?,14?,15-,16-/m1/s1. The Morgan fingerprint density at radius 2 is 1.75 bits per heavy atom. The maximum atomic E-state index is 12.6. The van der Waals surface area contributed by atoms with E-state index in [0.717, 1.165) is 43.6 Å². The molecule has 2 N–H and O–H groups in total. The third-order valence-electron chi connectivity index (χ3n) is 6.24. The third-order valence-corrected chi connectivity index (χ3v) is 6.24. The lowest BCUT2D eigenvalue weighted by Gasteiger charge is -2.27. The Hall–Kier alpha value is -2.08. The molecule has 1 aromatic rings.